The van der Waals surface area contributed by atoms with E-state index in [9.17, 15) is 9.18 Å². The zero-order valence-electron chi connectivity index (χ0n) is 11.2. The molecule has 0 radical (unpaired) electrons. The molecule has 6 heteroatoms. The molecule has 0 atom stereocenters. The summed E-state index contributed by atoms with van der Waals surface area (Å²) in [5, 5.41) is 0.562. The minimum Gasteiger partial charge on any atom is -0.465 e. The number of hydrogen-bond donors (Lipinski definition) is 1. The van der Waals surface area contributed by atoms with Gasteiger partial charge in [0, 0.05) is 16.3 Å². The molecule has 110 valence electrons. The Balaban J connectivity index is 2.10. The number of hydrogen-bond acceptors (Lipinski definition) is 4. The molecule has 0 aliphatic rings. The highest BCUT2D eigenvalue weighted by Crippen LogP contribution is 2.31. The quantitative estimate of drug-likeness (QED) is 0.521. The van der Waals surface area contributed by atoms with Crippen molar-refractivity contribution in [2.24, 2.45) is 0 Å². The maximum Gasteiger partial charge on any atom is 0.340 e. The van der Waals surface area contributed by atoms with E-state index in [1.165, 1.54) is 31.0 Å². The number of carbonyl (C=O) groups is 1. The van der Waals surface area contributed by atoms with Crippen molar-refractivity contribution in [3.8, 4) is 0 Å². The van der Waals surface area contributed by atoms with Gasteiger partial charge in [0.25, 0.3) is 0 Å². The van der Waals surface area contributed by atoms with Crippen molar-refractivity contribution in [3.63, 3.8) is 0 Å². The molecule has 0 saturated heterocycles. The van der Waals surface area contributed by atoms with Crippen LogP contribution in [0.25, 0.3) is 0 Å². The molecule has 2 rings (SSSR count). The van der Waals surface area contributed by atoms with Crippen LogP contribution in [-0.4, -0.2) is 13.1 Å². The minimum absolute atomic E-state index is 0.0724. The van der Waals surface area contributed by atoms with Gasteiger partial charge in [-0.05, 0) is 35.9 Å². The molecule has 0 amide bonds. The van der Waals surface area contributed by atoms with Crippen molar-refractivity contribution in [3.05, 3.63) is 58.4 Å². The lowest BCUT2D eigenvalue weighted by Gasteiger charge is -2.07. The van der Waals surface area contributed by atoms with E-state index in [-0.39, 0.29) is 5.56 Å². The van der Waals surface area contributed by atoms with Crippen molar-refractivity contribution >= 4 is 35.0 Å². The number of benzene rings is 2. The number of ether oxygens (including phenoxy) is 1. The molecule has 2 aromatic rings. The van der Waals surface area contributed by atoms with Crippen molar-refractivity contribution in [1.82, 2.24) is 0 Å². The van der Waals surface area contributed by atoms with Gasteiger partial charge in [-0.15, -0.1) is 11.8 Å². The Bertz CT molecular complexity index is 679. The highest BCUT2D eigenvalue weighted by molar-refractivity contribution is 7.98. The van der Waals surface area contributed by atoms with Gasteiger partial charge < -0.3 is 10.5 Å². The van der Waals surface area contributed by atoms with Crippen molar-refractivity contribution in [1.29, 1.82) is 0 Å². The van der Waals surface area contributed by atoms with Crippen LogP contribution in [0.5, 0.6) is 0 Å². The van der Waals surface area contributed by atoms with E-state index < -0.39 is 11.8 Å². The Labute approximate surface area is 131 Å². The zero-order chi connectivity index (χ0) is 15.4. The van der Waals surface area contributed by atoms with Crippen LogP contribution in [0.3, 0.4) is 0 Å². The maximum atomic E-state index is 13.8. The van der Waals surface area contributed by atoms with Crippen LogP contribution in [0.4, 0.5) is 10.1 Å². The molecule has 2 aromatic carbocycles. The van der Waals surface area contributed by atoms with Crippen LogP contribution in [0.15, 0.2) is 41.3 Å². The summed E-state index contributed by atoms with van der Waals surface area (Å²) in [5.74, 6) is -0.751. The number of thioether (sulfide) groups is 1. The second-order valence-electron chi connectivity index (χ2n) is 4.28. The summed E-state index contributed by atoms with van der Waals surface area (Å²) >= 11 is 7.54. The van der Waals surface area contributed by atoms with Gasteiger partial charge in [-0.3, -0.25) is 0 Å². The normalized spacial score (nSPS) is 10.4. The lowest BCUT2D eigenvalue weighted by atomic mass is 10.1. The molecule has 0 spiro atoms. The number of esters is 1. The molecule has 0 heterocycles. The molecule has 3 nitrogen and oxygen atoms in total. The Kier molecular flexibility index (Phi) is 5.09. The predicted octanol–water partition coefficient (Wildman–Crippen LogP) is 4.14. The van der Waals surface area contributed by atoms with E-state index >= 15 is 0 Å². The monoisotopic (exact) mass is 325 g/mol. The summed E-state index contributed by atoms with van der Waals surface area (Å²) in [6.07, 6.45) is 0. The highest BCUT2D eigenvalue weighted by Gasteiger charge is 2.12. The van der Waals surface area contributed by atoms with Gasteiger partial charge in [-0.1, -0.05) is 17.7 Å². The fourth-order valence-electron chi connectivity index (χ4n) is 1.72. The van der Waals surface area contributed by atoms with Gasteiger partial charge in [0.15, 0.2) is 0 Å². The Hall–Kier alpha value is -1.72. The number of methoxy groups -OCH3 is 1. The number of halogens is 2. The lowest BCUT2D eigenvalue weighted by molar-refractivity contribution is 0.0595. The molecular weight excluding hydrogens is 313 g/mol. The van der Waals surface area contributed by atoms with Crippen molar-refractivity contribution < 1.29 is 13.9 Å². The van der Waals surface area contributed by atoms with Crippen LogP contribution in [0.2, 0.25) is 5.02 Å². The summed E-state index contributed by atoms with van der Waals surface area (Å²) < 4.78 is 18.3. The van der Waals surface area contributed by atoms with Crippen LogP contribution in [0.1, 0.15) is 15.9 Å². The van der Waals surface area contributed by atoms with E-state index in [1.54, 1.807) is 18.2 Å². The minimum atomic E-state index is -0.687. The standard InChI is InChI=1S/C15H13ClFNO2S/c1-20-15(19)11-4-2-9(6-13(11)17)8-21-14-5-3-10(18)7-12(14)16/h2-7H,8,18H2,1H3. The Morgan fingerprint density at radius 3 is 2.71 bits per heavy atom. The molecular formula is C15H13ClFNO2S. The number of carbonyl (C=O) groups excluding carboxylic acids is 1. The molecule has 0 bridgehead atoms. The van der Waals surface area contributed by atoms with Crippen LogP contribution in [0, 0.1) is 5.82 Å². The van der Waals surface area contributed by atoms with Gasteiger partial charge in [-0.25, -0.2) is 9.18 Å². The third kappa shape index (κ3) is 3.89. The SMILES string of the molecule is COC(=O)c1ccc(CSc2ccc(N)cc2Cl)cc1F. The summed E-state index contributed by atoms with van der Waals surface area (Å²) in [6.45, 7) is 0. The molecule has 0 aliphatic carbocycles. The van der Waals surface area contributed by atoms with Gasteiger partial charge >= 0.3 is 5.97 Å². The summed E-state index contributed by atoms with van der Waals surface area (Å²) in [6, 6.07) is 9.68. The smallest absolute Gasteiger partial charge is 0.340 e. The third-order valence-electron chi connectivity index (χ3n) is 2.79. The first-order chi connectivity index (χ1) is 10.0. The number of anilines is 1. The van der Waals surface area contributed by atoms with Gasteiger partial charge in [0.1, 0.15) is 5.82 Å². The van der Waals surface area contributed by atoms with Gasteiger partial charge in [0.2, 0.25) is 0 Å². The topological polar surface area (TPSA) is 52.3 Å². The number of nitrogen functional groups attached to an aromatic ring is 1. The summed E-state index contributed by atoms with van der Waals surface area (Å²) in [7, 11) is 1.22. The van der Waals surface area contributed by atoms with Gasteiger partial charge in [-0.2, -0.15) is 0 Å². The molecule has 0 fully saturated rings. The average molecular weight is 326 g/mol. The van der Waals surface area contributed by atoms with Gasteiger partial charge in [0.05, 0.1) is 17.7 Å². The first-order valence-corrected chi connectivity index (χ1v) is 7.42. The second-order valence-corrected chi connectivity index (χ2v) is 5.71. The Morgan fingerprint density at radius 2 is 2.10 bits per heavy atom. The Morgan fingerprint density at radius 1 is 1.33 bits per heavy atom. The van der Waals surface area contributed by atoms with E-state index in [0.717, 1.165) is 10.5 Å². The van der Waals surface area contributed by atoms with E-state index in [0.29, 0.717) is 16.5 Å². The van der Waals surface area contributed by atoms with E-state index in [2.05, 4.69) is 4.74 Å². The third-order valence-corrected chi connectivity index (χ3v) is 4.36. The van der Waals surface area contributed by atoms with Crippen molar-refractivity contribution in [2.45, 2.75) is 10.6 Å². The first-order valence-electron chi connectivity index (χ1n) is 6.06. The molecule has 0 aliphatic heterocycles. The van der Waals surface area contributed by atoms with Crippen molar-refractivity contribution in [2.75, 3.05) is 12.8 Å². The van der Waals surface area contributed by atoms with E-state index in [1.807, 2.05) is 6.07 Å². The zero-order valence-corrected chi connectivity index (χ0v) is 12.8. The maximum absolute atomic E-state index is 13.8. The molecule has 21 heavy (non-hydrogen) atoms. The number of nitrogens with two attached hydrogens (primary N) is 1. The second kappa shape index (κ2) is 6.83. The van der Waals surface area contributed by atoms with Crippen LogP contribution >= 0.6 is 23.4 Å². The fraction of sp³-hybridized carbons (Fsp3) is 0.133. The predicted molar refractivity (Wildman–Crippen MR) is 83.2 cm³/mol. The highest BCUT2D eigenvalue weighted by atomic mass is 35.5. The van der Waals surface area contributed by atoms with Crippen LogP contribution in [-0.2, 0) is 10.5 Å². The molecule has 2 N–H and O–H groups in total. The summed E-state index contributed by atoms with van der Waals surface area (Å²) in [5.41, 5.74) is 6.90. The lowest BCUT2D eigenvalue weighted by Crippen LogP contribution is -2.04. The first kappa shape index (κ1) is 15.7. The summed E-state index contributed by atoms with van der Waals surface area (Å²) in [4.78, 5) is 12.2. The number of rotatable bonds is 4. The average Bonchev–Trinajstić information content (AvgIpc) is 2.45. The molecule has 0 aromatic heterocycles. The van der Waals surface area contributed by atoms with Crippen LogP contribution < -0.4 is 5.73 Å². The molecule has 0 unspecified atom stereocenters. The molecule has 0 saturated carbocycles. The largest absolute Gasteiger partial charge is 0.465 e. The van der Waals surface area contributed by atoms with E-state index in [4.69, 9.17) is 17.3 Å². The fourth-order valence-corrected chi connectivity index (χ4v) is 2.93.